The van der Waals surface area contributed by atoms with E-state index in [2.05, 4.69) is 73.8 Å². The first kappa shape index (κ1) is 13.7. The number of nitrogens with one attached hydrogen (secondary N) is 1. The Morgan fingerprint density at radius 3 is 2.21 bits per heavy atom. The molecule has 1 unspecified atom stereocenters. The molecule has 1 nitrogen and oxygen atoms in total. The third-order valence-electron chi connectivity index (χ3n) is 3.48. The molecule has 100 valence electrons. The summed E-state index contributed by atoms with van der Waals surface area (Å²) in [5.74, 6) is 0. The summed E-state index contributed by atoms with van der Waals surface area (Å²) in [5, 5.41) is 3.56. The maximum absolute atomic E-state index is 3.56. The highest BCUT2D eigenvalue weighted by molar-refractivity contribution is 5.45. The van der Waals surface area contributed by atoms with Crippen LogP contribution in [0.15, 0.2) is 54.6 Å². The average Bonchev–Trinajstić information content (AvgIpc) is 2.47. The molecule has 2 aromatic carbocycles. The zero-order valence-electron chi connectivity index (χ0n) is 11.9. The minimum Gasteiger partial charge on any atom is -0.383 e. The van der Waals surface area contributed by atoms with Crippen molar-refractivity contribution in [3.8, 4) is 0 Å². The summed E-state index contributed by atoms with van der Waals surface area (Å²) < 4.78 is 0. The molecule has 1 atom stereocenters. The number of benzene rings is 2. The molecule has 0 aliphatic heterocycles. The van der Waals surface area contributed by atoms with Crippen LogP contribution in [0.4, 0.5) is 5.69 Å². The van der Waals surface area contributed by atoms with Crippen LogP contribution in [0.2, 0.25) is 0 Å². The molecule has 0 spiro atoms. The molecule has 0 bridgehead atoms. The van der Waals surface area contributed by atoms with Crippen molar-refractivity contribution in [1.82, 2.24) is 0 Å². The van der Waals surface area contributed by atoms with E-state index in [-0.39, 0.29) is 0 Å². The van der Waals surface area contributed by atoms with Gasteiger partial charge in [0.1, 0.15) is 0 Å². The molecule has 2 rings (SSSR count). The second-order valence-corrected chi connectivity index (χ2v) is 5.12. The van der Waals surface area contributed by atoms with Gasteiger partial charge >= 0.3 is 0 Å². The molecule has 0 aromatic heterocycles. The van der Waals surface area contributed by atoms with E-state index in [9.17, 15) is 0 Å². The Labute approximate surface area is 116 Å². The van der Waals surface area contributed by atoms with E-state index in [1.807, 2.05) is 0 Å². The fourth-order valence-electron chi connectivity index (χ4n) is 2.22. The van der Waals surface area contributed by atoms with Crippen molar-refractivity contribution in [3.63, 3.8) is 0 Å². The van der Waals surface area contributed by atoms with Gasteiger partial charge < -0.3 is 5.32 Å². The predicted octanol–water partition coefficient (Wildman–Crippen LogP) is 4.68. The summed E-state index contributed by atoms with van der Waals surface area (Å²) in [6.07, 6.45) is 3.38. The van der Waals surface area contributed by atoms with E-state index < -0.39 is 0 Å². The summed E-state index contributed by atoms with van der Waals surface area (Å²) >= 11 is 0. The van der Waals surface area contributed by atoms with Crippen molar-refractivity contribution in [1.29, 1.82) is 0 Å². The highest BCUT2D eigenvalue weighted by Crippen LogP contribution is 2.13. The van der Waals surface area contributed by atoms with Crippen LogP contribution in [0.5, 0.6) is 0 Å². The van der Waals surface area contributed by atoms with Gasteiger partial charge in [0.25, 0.3) is 0 Å². The molecule has 0 aliphatic carbocycles. The topological polar surface area (TPSA) is 12.0 Å². The largest absolute Gasteiger partial charge is 0.383 e. The summed E-state index contributed by atoms with van der Waals surface area (Å²) in [6, 6.07) is 19.9. The van der Waals surface area contributed by atoms with Gasteiger partial charge in [0.05, 0.1) is 0 Å². The zero-order valence-corrected chi connectivity index (χ0v) is 11.9. The average molecular weight is 253 g/mol. The third kappa shape index (κ3) is 4.44. The number of anilines is 1. The molecule has 0 radical (unpaired) electrons. The lowest BCUT2D eigenvalue weighted by molar-refractivity contribution is 0.706. The Bertz CT molecular complexity index is 473. The minimum absolute atomic E-state index is 0.493. The van der Waals surface area contributed by atoms with E-state index in [0.717, 1.165) is 19.3 Å². The summed E-state index contributed by atoms with van der Waals surface area (Å²) in [6.45, 7) is 4.43. The minimum atomic E-state index is 0.493. The van der Waals surface area contributed by atoms with E-state index in [1.165, 1.54) is 16.8 Å². The lowest BCUT2D eigenvalue weighted by Gasteiger charge is -2.15. The second-order valence-electron chi connectivity index (χ2n) is 5.12. The summed E-state index contributed by atoms with van der Waals surface area (Å²) in [4.78, 5) is 0. The first-order chi connectivity index (χ1) is 9.28. The Hall–Kier alpha value is -1.76. The van der Waals surface area contributed by atoms with Crippen molar-refractivity contribution in [2.75, 3.05) is 5.32 Å². The van der Waals surface area contributed by atoms with Crippen LogP contribution in [0, 0.1) is 0 Å². The van der Waals surface area contributed by atoms with Crippen LogP contribution in [0.1, 0.15) is 31.4 Å². The summed E-state index contributed by atoms with van der Waals surface area (Å²) in [7, 11) is 0. The van der Waals surface area contributed by atoms with E-state index in [0.29, 0.717) is 6.04 Å². The Balaban J connectivity index is 1.82. The highest BCUT2D eigenvalue weighted by Gasteiger charge is 2.02. The smallest absolute Gasteiger partial charge is 0.0342 e. The molecule has 0 saturated heterocycles. The van der Waals surface area contributed by atoms with Gasteiger partial charge in [-0.1, -0.05) is 49.4 Å². The highest BCUT2D eigenvalue weighted by atomic mass is 14.9. The number of hydrogen-bond acceptors (Lipinski definition) is 1. The second kappa shape index (κ2) is 6.98. The Kier molecular flexibility index (Phi) is 5.02. The first-order valence-electron chi connectivity index (χ1n) is 7.17. The van der Waals surface area contributed by atoms with Gasteiger partial charge in [-0.15, -0.1) is 0 Å². The molecular formula is C18H23N. The van der Waals surface area contributed by atoms with Crippen LogP contribution in [-0.4, -0.2) is 6.04 Å². The lowest BCUT2D eigenvalue weighted by atomic mass is 10.1. The SMILES string of the molecule is CCc1ccc(NC(C)CCc2ccccc2)cc1. The van der Waals surface area contributed by atoms with Crippen molar-refractivity contribution in [2.45, 2.75) is 39.2 Å². The van der Waals surface area contributed by atoms with Gasteiger partial charge in [-0.3, -0.25) is 0 Å². The van der Waals surface area contributed by atoms with Crippen LogP contribution < -0.4 is 5.32 Å². The fraction of sp³-hybridized carbons (Fsp3) is 0.333. The van der Waals surface area contributed by atoms with Gasteiger partial charge in [-0.05, 0) is 49.4 Å². The molecule has 0 amide bonds. The van der Waals surface area contributed by atoms with E-state index in [1.54, 1.807) is 0 Å². The quantitative estimate of drug-likeness (QED) is 0.788. The van der Waals surface area contributed by atoms with Crippen molar-refractivity contribution in [2.24, 2.45) is 0 Å². The number of hydrogen-bond donors (Lipinski definition) is 1. The first-order valence-corrected chi connectivity index (χ1v) is 7.17. The van der Waals surface area contributed by atoms with Crippen molar-refractivity contribution < 1.29 is 0 Å². The van der Waals surface area contributed by atoms with Gasteiger partial charge in [0.15, 0.2) is 0 Å². The maximum Gasteiger partial charge on any atom is 0.0342 e. The standard InChI is InChI=1S/C18H23N/c1-3-16-11-13-18(14-12-16)19-15(2)9-10-17-7-5-4-6-8-17/h4-8,11-15,19H,3,9-10H2,1-2H3. The predicted molar refractivity (Wildman–Crippen MR) is 83.7 cm³/mol. The lowest BCUT2D eigenvalue weighted by Crippen LogP contribution is -2.15. The Morgan fingerprint density at radius 1 is 0.895 bits per heavy atom. The van der Waals surface area contributed by atoms with Crippen LogP contribution in [-0.2, 0) is 12.8 Å². The molecule has 1 N–H and O–H groups in total. The van der Waals surface area contributed by atoms with E-state index in [4.69, 9.17) is 0 Å². The summed E-state index contributed by atoms with van der Waals surface area (Å²) in [5.41, 5.74) is 4.03. The van der Waals surface area contributed by atoms with Gasteiger partial charge in [-0.25, -0.2) is 0 Å². The van der Waals surface area contributed by atoms with Gasteiger partial charge in [0.2, 0.25) is 0 Å². The van der Waals surface area contributed by atoms with Crippen molar-refractivity contribution >= 4 is 5.69 Å². The van der Waals surface area contributed by atoms with Gasteiger partial charge in [-0.2, -0.15) is 0 Å². The van der Waals surface area contributed by atoms with Crippen molar-refractivity contribution in [3.05, 3.63) is 65.7 Å². The molecule has 0 heterocycles. The normalized spacial score (nSPS) is 12.1. The molecule has 2 aromatic rings. The monoisotopic (exact) mass is 253 g/mol. The number of rotatable bonds is 6. The van der Waals surface area contributed by atoms with Gasteiger partial charge in [0, 0.05) is 11.7 Å². The molecule has 1 heteroatoms. The third-order valence-corrected chi connectivity index (χ3v) is 3.48. The molecular weight excluding hydrogens is 230 g/mol. The zero-order chi connectivity index (χ0) is 13.5. The Morgan fingerprint density at radius 2 is 1.58 bits per heavy atom. The molecule has 0 fully saturated rings. The molecule has 0 aliphatic rings. The van der Waals surface area contributed by atoms with E-state index >= 15 is 0 Å². The maximum atomic E-state index is 3.56. The number of aryl methyl sites for hydroxylation is 2. The molecule has 0 saturated carbocycles. The van der Waals surface area contributed by atoms with Crippen LogP contribution in [0.25, 0.3) is 0 Å². The fourth-order valence-corrected chi connectivity index (χ4v) is 2.22. The molecule has 19 heavy (non-hydrogen) atoms. The van der Waals surface area contributed by atoms with Crippen LogP contribution >= 0.6 is 0 Å². The van der Waals surface area contributed by atoms with Crippen LogP contribution in [0.3, 0.4) is 0 Å².